The van der Waals surface area contributed by atoms with Crippen LogP contribution >= 0.6 is 0 Å². The molecule has 0 aliphatic carbocycles. The standard InChI is InChI=1S/C12H13NO4S/c1-8-4-5-9(7-10(8)14)18(15,16)12(13)11-3-2-6-17-11/h2-7,12,14H,13H2,1H3. The Morgan fingerprint density at radius 1 is 1.33 bits per heavy atom. The molecule has 1 atom stereocenters. The van der Waals surface area contributed by atoms with Gasteiger partial charge in [0.2, 0.25) is 9.84 Å². The minimum atomic E-state index is -3.78. The minimum absolute atomic E-state index is 0.0329. The molecule has 1 unspecified atom stereocenters. The molecule has 18 heavy (non-hydrogen) atoms. The number of aromatic hydroxyl groups is 1. The molecule has 0 saturated heterocycles. The van der Waals surface area contributed by atoms with Gasteiger partial charge >= 0.3 is 0 Å². The molecule has 0 amide bonds. The zero-order valence-electron chi connectivity index (χ0n) is 9.70. The second-order valence-electron chi connectivity index (χ2n) is 3.93. The highest BCUT2D eigenvalue weighted by Gasteiger charge is 2.28. The summed E-state index contributed by atoms with van der Waals surface area (Å²) in [4.78, 5) is -0.0329. The molecule has 1 aromatic carbocycles. The van der Waals surface area contributed by atoms with Crippen LogP contribution in [0.1, 0.15) is 16.7 Å². The fourth-order valence-corrected chi connectivity index (χ4v) is 2.79. The van der Waals surface area contributed by atoms with Crippen molar-refractivity contribution in [2.24, 2.45) is 5.73 Å². The van der Waals surface area contributed by atoms with Crippen molar-refractivity contribution < 1.29 is 17.9 Å². The van der Waals surface area contributed by atoms with Gasteiger partial charge in [-0.05, 0) is 36.8 Å². The van der Waals surface area contributed by atoms with Crippen LogP contribution in [0.4, 0.5) is 0 Å². The normalized spacial score (nSPS) is 13.4. The van der Waals surface area contributed by atoms with Gasteiger partial charge in [-0.3, -0.25) is 0 Å². The van der Waals surface area contributed by atoms with Crippen LogP contribution in [0.3, 0.4) is 0 Å². The first kappa shape index (κ1) is 12.7. The van der Waals surface area contributed by atoms with Gasteiger partial charge in [0.25, 0.3) is 0 Å². The Hall–Kier alpha value is -1.79. The molecule has 0 aliphatic heterocycles. The zero-order chi connectivity index (χ0) is 13.3. The van der Waals surface area contributed by atoms with Gasteiger partial charge in [0.05, 0.1) is 11.2 Å². The van der Waals surface area contributed by atoms with E-state index >= 15 is 0 Å². The van der Waals surface area contributed by atoms with E-state index in [2.05, 4.69) is 0 Å². The Morgan fingerprint density at radius 3 is 2.61 bits per heavy atom. The smallest absolute Gasteiger partial charge is 0.201 e. The van der Waals surface area contributed by atoms with Gasteiger partial charge in [-0.15, -0.1) is 0 Å². The summed E-state index contributed by atoms with van der Waals surface area (Å²) in [5.41, 5.74) is 6.27. The quantitative estimate of drug-likeness (QED) is 0.883. The van der Waals surface area contributed by atoms with E-state index in [9.17, 15) is 13.5 Å². The minimum Gasteiger partial charge on any atom is -0.508 e. The number of phenols is 1. The van der Waals surface area contributed by atoms with Crippen LogP contribution in [0.2, 0.25) is 0 Å². The Kier molecular flexibility index (Phi) is 3.14. The molecule has 1 aromatic heterocycles. The molecular weight excluding hydrogens is 254 g/mol. The molecule has 96 valence electrons. The van der Waals surface area contributed by atoms with Gasteiger partial charge in [0.15, 0.2) is 5.37 Å². The molecule has 0 bridgehead atoms. The van der Waals surface area contributed by atoms with E-state index in [4.69, 9.17) is 10.2 Å². The molecule has 0 fully saturated rings. The summed E-state index contributed by atoms with van der Waals surface area (Å²) in [5.74, 6) is 0.0813. The lowest BCUT2D eigenvalue weighted by Crippen LogP contribution is -2.21. The Labute approximate surface area is 105 Å². The van der Waals surface area contributed by atoms with E-state index in [-0.39, 0.29) is 16.4 Å². The van der Waals surface area contributed by atoms with Crippen LogP contribution in [0, 0.1) is 6.92 Å². The first-order chi connectivity index (χ1) is 8.43. The maximum atomic E-state index is 12.2. The summed E-state index contributed by atoms with van der Waals surface area (Å²) >= 11 is 0. The summed E-state index contributed by atoms with van der Waals surface area (Å²) in [7, 11) is -3.78. The highest BCUT2D eigenvalue weighted by molar-refractivity contribution is 7.91. The topological polar surface area (TPSA) is 93.5 Å². The van der Waals surface area contributed by atoms with E-state index in [1.54, 1.807) is 13.0 Å². The summed E-state index contributed by atoms with van der Waals surface area (Å²) in [5, 5.41) is 8.26. The number of furan rings is 1. The number of hydrogen-bond donors (Lipinski definition) is 2. The van der Waals surface area contributed by atoms with Crippen molar-refractivity contribution in [2.75, 3.05) is 0 Å². The third-order valence-corrected chi connectivity index (χ3v) is 4.48. The maximum Gasteiger partial charge on any atom is 0.201 e. The third-order valence-electron chi connectivity index (χ3n) is 2.67. The summed E-state index contributed by atoms with van der Waals surface area (Å²) in [6, 6.07) is 7.19. The lowest BCUT2D eigenvalue weighted by molar-refractivity contribution is 0.468. The molecule has 2 aromatic rings. The molecule has 0 saturated carbocycles. The number of hydrogen-bond acceptors (Lipinski definition) is 5. The molecule has 0 spiro atoms. The van der Waals surface area contributed by atoms with Gasteiger partial charge in [0.1, 0.15) is 11.5 Å². The maximum absolute atomic E-state index is 12.2. The Balaban J connectivity index is 2.45. The largest absolute Gasteiger partial charge is 0.508 e. The van der Waals surface area contributed by atoms with Crippen LogP contribution in [-0.2, 0) is 9.84 Å². The van der Waals surface area contributed by atoms with Gasteiger partial charge in [0, 0.05) is 0 Å². The van der Waals surface area contributed by atoms with E-state index in [1.807, 2.05) is 0 Å². The second kappa shape index (κ2) is 4.47. The lowest BCUT2D eigenvalue weighted by Gasteiger charge is -2.11. The number of rotatable bonds is 3. The van der Waals surface area contributed by atoms with E-state index in [0.29, 0.717) is 5.56 Å². The predicted molar refractivity (Wildman–Crippen MR) is 65.7 cm³/mol. The molecule has 0 radical (unpaired) electrons. The number of nitrogens with two attached hydrogens (primary N) is 1. The van der Waals surface area contributed by atoms with Gasteiger partial charge in [-0.2, -0.15) is 0 Å². The first-order valence-electron chi connectivity index (χ1n) is 5.25. The molecule has 2 rings (SSSR count). The number of phenolic OH excluding ortho intramolecular Hbond substituents is 1. The van der Waals surface area contributed by atoms with Crippen LogP contribution in [0.5, 0.6) is 5.75 Å². The molecule has 6 heteroatoms. The average molecular weight is 267 g/mol. The SMILES string of the molecule is Cc1ccc(S(=O)(=O)C(N)c2ccco2)cc1O. The van der Waals surface area contributed by atoms with Crippen molar-refractivity contribution in [3.05, 3.63) is 47.9 Å². The number of aryl methyl sites for hydroxylation is 1. The van der Waals surface area contributed by atoms with Crippen molar-refractivity contribution in [1.82, 2.24) is 0 Å². The number of sulfone groups is 1. The van der Waals surface area contributed by atoms with E-state index in [0.717, 1.165) is 0 Å². The van der Waals surface area contributed by atoms with Crippen LogP contribution in [-0.4, -0.2) is 13.5 Å². The van der Waals surface area contributed by atoms with Crippen molar-refractivity contribution in [1.29, 1.82) is 0 Å². The Morgan fingerprint density at radius 2 is 2.06 bits per heavy atom. The molecule has 0 aliphatic rings. The van der Waals surface area contributed by atoms with Gasteiger partial charge in [-0.1, -0.05) is 6.07 Å². The van der Waals surface area contributed by atoms with Crippen molar-refractivity contribution in [2.45, 2.75) is 17.2 Å². The second-order valence-corrected chi connectivity index (χ2v) is 6.00. The lowest BCUT2D eigenvalue weighted by atomic mass is 10.2. The van der Waals surface area contributed by atoms with Gasteiger partial charge in [-0.25, -0.2) is 8.42 Å². The molecule has 3 N–H and O–H groups in total. The third kappa shape index (κ3) is 2.12. The summed E-state index contributed by atoms with van der Waals surface area (Å²) < 4.78 is 29.4. The van der Waals surface area contributed by atoms with Crippen molar-refractivity contribution in [3.63, 3.8) is 0 Å². The van der Waals surface area contributed by atoms with Crippen LogP contribution in [0.25, 0.3) is 0 Å². The number of benzene rings is 1. The highest BCUT2D eigenvalue weighted by atomic mass is 32.2. The van der Waals surface area contributed by atoms with Crippen LogP contribution in [0.15, 0.2) is 45.9 Å². The Bertz CT molecular complexity index is 647. The highest BCUT2D eigenvalue weighted by Crippen LogP contribution is 2.28. The average Bonchev–Trinajstić information content (AvgIpc) is 2.85. The van der Waals surface area contributed by atoms with E-state index < -0.39 is 15.2 Å². The van der Waals surface area contributed by atoms with Crippen LogP contribution < -0.4 is 5.73 Å². The van der Waals surface area contributed by atoms with E-state index in [1.165, 1.54) is 30.5 Å². The van der Waals surface area contributed by atoms with Crippen molar-refractivity contribution >= 4 is 9.84 Å². The summed E-state index contributed by atoms with van der Waals surface area (Å²) in [6.07, 6.45) is 1.36. The molecule has 5 nitrogen and oxygen atoms in total. The van der Waals surface area contributed by atoms with Crippen molar-refractivity contribution in [3.8, 4) is 5.75 Å². The zero-order valence-corrected chi connectivity index (χ0v) is 10.5. The molecule has 1 heterocycles. The predicted octanol–water partition coefficient (Wildman–Crippen LogP) is 1.72. The summed E-state index contributed by atoms with van der Waals surface area (Å²) in [6.45, 7) is 1.68. The fourth-order valence-electron chi connectivity index (χ4n) is 1.52. The van der Waals surface area contributed by atoms with Gasteiger partial charge < -0.3 is 15.3 Å². The fraction of sp³-hybridized carbons (Fsp3) is 0.167. The molecular formula is C12H13NO4S. The monoisotopic (exact) mass is 267 g/mol. The first-order valence-corrected chi connectivity index (χ1v) is 6.80.